The number of methoxy groups -OCH3 is 1. The molecule has 2 heterocycles. The zero-order valence-corrected chi connectivity index (χ0v) is 16.6. The number of amides is 1. The van der Waals surface area contributed by atoms with Gasteiger partial charge in [-0.2, -0.15) is 0 Å². The predicted molar refractivity (Wildman–Crippen MR) is 106 cm³/mol. The molecule has 0 bridgehead atoms. The molecule has 1 aliphatic rings. The summed E-state index contributed by atoms with van der Waals surface area (Å²) < 4.78 is 16.6. The fraction of sp³-hybridized carbons (Fsp3) is 0.476. The number of carbonyl (C=O) groups excluding carboxylic acids is 1. The molecule has 0 saturated carbocycles. The maximum atomic E-state index is 12.3. The van der Waals surface area contributed by atoms with Crippen LogP contribution in [0.4, 0.5) is 0 Å². The molecular formula is C21H28N2O4. The lowest BCUT2D eigenvalue weighted by Gasteiger charge is -2.26. The first-order chi connectivity index (χ1) is 13.0. The summed E-state index contributed by atoms with van der Waals surface area (Å²) in [6, 6.07) is 3.92. The van der Waals surface area contributed by atoms with Crippen molar-refractivity contribution in [1.82, 2.24) is 10.2 Å². The molecule has 3 rings (SSSR count). The van der Waals surface area contributed by atoms with Crippen molar-refractivity contribution in [3.63, 3.8) is 0 Å². The Kier molecular flexibility index (Phi) is 6.19. The molecular weight excluding hydrogens is 344 g/mol. The Bertz CT molecular complexity index is 847. The van der Waals surface area contributed by atoms with E-state index in [1.807, 2.05) is 32.9 Å². The molecule has 2 aromatic rings. The van der Waals surface area contributed by atoms with Gasteiger partial charge in [-0.3, -0.25) is 9.69 Å². The van der Waals surface area contributed by atoms with Gasteiger partial charge in [0.25, 0.3) is 0 Å². The molecule has 1 amide bonds. The molecule has 27 heavy (non-hydrogen) atoms. The van der Waals surface area contributed by atoms with E-state index in [0.717, 1.165) is 66.3 Å². The van der Waals surface area contributed by atoms with Gasteiger partial charge < -0.3 is 19.2 Å². The largest absolute Gasteiger partial charge is 0.496 e. The number of hydrogen-bond donors (Lipinski definition) is 1. The summed E-state index contributed by atoms with van der Waals surface area (Å²) in [5, 5.41) is 4.01. The molecule has 0 radical (unpaired) electrons. The Morgan fingerprint density at radius 2 is 2.04 bits per heavy atom. The molecule has 1 saturated heterocycles. The van der Waals surface area contributed by atoms with Crippen LogP contribution in [0.1, 0.15) is 23.8 Å². The highest BCUT2D eigenvalue weighted by Gasteiger charge is 2.14. The number of fused-ring (bicyclic) bond motifs is 1. The van der Waals surface area contributed by atoms with E-state index in [-0.39, 0.29) is 5.91 Å². The SMILES string of the molecule is COc1cc2oc(C)c(C)c2cc1/C(C)=C/C(=O)NCCN1CCOCC1. The van der Waals surface area contributed by atoms with Crippen LogP contribution in [-0.2, 0) is 9.53 Å². The summed E-state index contributed by atoms with van der Waals surface area (Å²) in [5.41, 5.74) is 3.66. The van der Waals surface area contributed by atoms with Gasteiger partial charge in [-0.05, 0) is 38.0 Å². The second-order valence-corrected chi connectivity index (χ2v) is 6.90. The van der Waals surface area contributed by atoms with E-state index < -0.39 is 0 Å². The maximum Gasteiger partial charge on any atom is 0.244 e. The average Bonchev–Trinajstić information content (AvgIpc) is 2.94. The molecule has 1 fully saturated rings. The number of aryl methyl sites for hydroxylation is 2. The number of ether oxygens (including phenoxy) is 2. The van der Waals surface area contributed by atoms with Crippen LogP contribution in [0.25, 0.3) is 16.5 Å². The number of nitrogens with zero attached hydrogens (tertiary/aromatic N) is 1. The Morgan fingerprint density at radius 3 is 2.74 bits per heavy atom. The smallest absolute Gasteiger partial charge is 0.244 e. The van der Waals surface area contributed by atoms with Gasteiger partial charge in [0.1, 0.15) is 17.1 Å². The van der Waals surface area contributed by atoms with E-state index in [2.05, 4.69) is 10.2 Å². The first-order valence-corrected chi connectivity index (χ1v) is 9.34. The van der Waals surface area contributed by atoms with Crippen LogP contribution in [0.5, 0.6) is 5.75 Å². The molecule has 0 spiro atoms. The molecule has 1 N–H and O–H groups in total. The van der Waals surface area contributed by atoms with E-state index in [9.17, 15) is 4.79 Å². The summed E-state index contributed by atoms with van der Waals surface area (Å²) in [5.74, 6) is 1.50. The number of furan rings is 1. The van der Waals surface area contributed by atoms with Crippen LogP contribution in [0.2, 0.25) is 0 Å². The third kappa shape index (κ3) is 4.51. The Balaban J connectivity index is 1.70. The summed E-state index contributed by atoms with van der Waals surface area (Å²) in [6.45, 7) is 10.7. The monoisotopic (exact) mass is 372 g/mol. The van der Waals surface area contributed by atoms with Gasteiger partial charge in [0.05, 0.1) is 20.3 Å². The van der Waals surface area contributed by atoms with Gasteiger partial charge in [-0.15, -0.1) is 0 Å². The third-order valence-electron chi connectivity index (χ3n) is 5.10. The molecule has 1 aromatic carbocycles. The van der Waals surface area contributed by atoms with Crippen molar-refractivity contribution in [1.29, 1.82) is 0 Å². The first-order valence-electron chi connectivity index (χ1n) is 9.34. The zero-order valence-electron chi connectivity index (χ0n) is 16.6. The first kappa shape index (κ1) is 19.5. The molecule has 1 aliphatic heterocycles. The highest BCUT2D eigenvalue weighted by atomic mass is 16.5. The highest BCUT2D eigenvalue weighted by molar-refractivity contribution is 5.97. The molecule has 146 valence electrons. The molecule has 0 aliphatic carbocycles. The Labute approximate surface area is 160 Å². The number of benzene rings is 1. The molecule has 1 aromatic heterocycles. The van der Waals surface area contributed by atoms with Crippen molar-refractivity contribution in [3.05, 3.63) is 35.1 Å². The summed E-state index contributed by atoms with van der Waals surface area (Å²) >= 11 is 0. The predicted octanol–water partition coefficient (Wildman–Crippen LogP) is 2.91. The van der Waals surface area contributed by atoms with Crippen LogP contribution in [0.3, 0.4) is 0 Å². The lowest BCUT2D eigenvalue weighted by Crippen LogP contribution is -2.41. The normalized spacial score (nSPS) is 15.9. The van der Waals surface area contributed by atoms with Crippen molar-refractivity contribution in [2.45, 2.75) is 20.8 Å². The van der Waals surface area contributed by atoms with Gasteiger partial charge in [-0.25, -0.2) is 0 Å². The van der Waals surface area contributed by atoms with Gasteiger partial charge in [0, 0.05) is 49.3 Å². The Morgan fingerprint density at radius 1 is 1.30 bits per heavy atom. The lowest BCUT2D eigenvalue weighted by molar-refractivity contribution is -0.116. The number of hydrogen-bond acceptors (Lipinski definition) is 5. The maximum absolute atomic E-state index is 12.3. The van der Waals surface area contributed by atoms with Crippen molar-refractivity contribution in [2.24, 2.45) is 0 Å². The number of nitrogens with one attached hydrogen (secondary N) is 1. The summed E-state index contributed by atoms with van der Waals surface area (Å²) in [6.07, 6.45) is 1.63. The minimum absolute atomic E-state index is 0.0944. The van der Waals surface area contributed by atoms with Gasteiger partial charge >= 0.3 is 0 Å². The molecule has 6 heteroatoms. The second kappa shape index (κ2) is 8.59. The van der Waals surface area contributed by atoms with Gasteiger partial charge in [0.15, 0.2) is 0 Å². The molecule has 6 nitrogen and oxygen atoms in total. The minimum atomic E-state index is -0.0944. The van der Waals surface area contributed by atoms with Crippen LogP contribution in [0, 0.1) is 13.8 Å². The van der Waals surface area contributed by atoms with Gasteiger partial charge in [0.2, 0.25) is 5.91 Å². The van der Waals surface area contributed by atoms with Crippen LogP contribution in [0.15, 0.2) is 22.6 Å². The van der Waals surface area contributed by atoms with Crippen molar-refractivity contribution in [2.75, 3.05) is 46.5 Å². The second-order valence-electron chi connectivity index (χ2n) is 6.90. The van der Waals surface area contributed by atoms with Crippen molar-refractivity contribution < 1.29 is 18.7 Å². The number of carbonyl (C=O) groups is 1. The number of allylic oxidation sites excluding steroid dienone is 1. The number of morpholine rings is 1. The van der Waals surface area contributed by atoms with E-state index in [4.69, 9.17) is 13.9 Å². The van der Waals surface area contributed by atoms with E-state index in [1.54, 1.807) is 13.2 Å². The molecule has 0 atom stereocenters. The van der Waals surface area contributed by atoms with Crippen LogP contribution < -0.4 is 10.1 Å². The van der Waals surface area contributed by atoms with E-state index >= 15 is 0 Å². The van der Waals surface area contributed by atoms with Crippen LogP contribution >= 0.6 is 0 Å². The molecule has 0 unspecified atom stereocenters. The fourth-order valence-electron chi connectivity index (χ4n) is 3.33. The van der Waals surface area contributed by atoms with Gasteiger partial charge in [-0.1, -0.05) is 0 Å². The summed E-state index contributed by atoms with van der Waals surface area (Å²) in [4.78, 5) is 14.6. The van der Waals surface area contributed by atoms with E-state index in [0.29, 0.717) is 12.3 Å². The zero-order chi connectivity index (χ0) is 19.4. The third-order valence-corrected chi connectivity index (χ3v) is 5.10. The lowest BCUT2D eigenvalue weighted by atomic mass is 10.0. The fourth-order valence-corrected chi connectivity index (χ4v) is 3.33. The van der Waals surface area contributed by atoms with Crippen molar-refractivity contribution >= 4 is 22.4 Å². The number of rotatable bonds is 6. The quantitative estimate of drug-likeness (QED) is 0.790. The summed E-state index contributed by atoms with van der Waals surface area (Å²) in [7, 11) is 1.63. The highest BCUT2D eigenvalue weighted by Crippen LogP contribution is 2.34. The average molecular weight is 372 g/mol. The van der Waals surface area contributed by atoms with Crippen molar-refractivity contribution in [3.8, 4) is 5.75 Å². The van der Waals surface area contributed by atoms with Crippen LogP contribution in [-0.4, -0.2) is 57.3 Å². The standard InChI is InChI=1S/C21H28N2O4/c1-14(11-21(24)22-5-6-23-7-9-26-10-8-23)17-12-18-15(2)16(3)27-20(18)13-19(17)25-4/h11-13H,5-10H2,1-4H3,(H,22,24)/b14-11+. The topological polar surface area (TPSA) is 63.9 Å². The Hall–Kier alpha value is -2.31. The van der Waals surface area contributed by atoms with E-state index in [1.165, 1.54) is 0 Å². The minimum Gasteiger partial charge on any atom is -0.496 e.